The molecule has 24 heavy (non-hydrogen) atoms. The van der Waals surface area contributed by atoms with E-state index in [9.17, 15) is 14.7 Å². The average Bonchev–Trinajstić information content (AvgIpc) is 3.08. The average molecular weight is 321 g/mol. The molecular formula is C20H19NO3. The van der Waals surface area contributed by atoms with Crippen LogP contribution in [0.1, 0.15) is 42.6 Å². The molecule has 1 aromatic carbocycles. The zero-order valence-electron chi connectivity index (χ0n) is 13.4. The van der Waals surface area contributed by atoms with Gasteiger partial charge in [0.25, 0.3) is 0 Å². The lowest BCUT2D eigenvalue weighted by atomic mass is 9.75. The van der Waals surface area contributed by atoms with Crippen LogP contribution in [0.2, 0.25) is 0 Å². The fourth-order valence-electron chi connectivity index (χ4n) is 4.22. The molecule has 0 bridgehead atoms. The fourth-order valence-corrected chi connectivity index (χ4v) is 4.22. The van der Waals surface area contributed by atoms with Crippen molar-refractivity contribution in [2.24, 2.45) is 0 Å². The van der Waals surface area contributed by atoms with Crippen LogP contribution in [-0.4, -0.2) is 21.7 Å². The molecule has 0 unspecified atom stereocenters. The van der Waals surface area contributed by atoms with E-state index in [1.54, 1.807) is 6.07 Å². The van der Waals surface area contributed by atoms with Crippen LogP contribution in [0.15, 0.2) is 53.8 Å². The first-order valence-electron chi connectivity index (χ1n) is 8.40. The number of hydrogen-bond donors (Lipinski definition) is 1. The molecule has 1 N–H and O–H groups in total. The Kier molecular flexibility index (Phi) is 3.41. The van der Waals surface area contributed by atoms with E-state index in [1.807, 2.05) is 41.0 Å². The molecule has 0 radical (unpaired) electrons. The zero-order valence-corrected chi connectivity index (χ0v) is 13.4. The quantitative estimate of drug-likeness (QED) is 0.671. The van der Waals surface area contributed by atoms with E-state index in [1.165, 1.54) is 0 Å². The predicted molar refractivity (Wildman–Crippen MR) is 91.0 cm³/mol. The highest BCUT2D eigenvalue weighted by molar-refractivity contribution is 6.21. The summed E-state index contributed by atoms with van der Waals surface area (Å²) in [5.74, 6) is -0.441. The maximum Gasteiger partial charge on any atom is 0.216 e. The molecule has 0 amide bonds. The second kappa shape index (κ2) is 5.48. The van der Waals surface area contributed by atoms with Crippen LogP contribution in [0.4, 0.5) is 0 Å². The SMILES string of the molecule is O=CC1=C(O)C2(CCCCC2)n2c(ccc2-c2ccccc2)C1=O. The molecule has 122 valence electrons. The number of aromatic nitrogens is 1. The van der Waals surface area contributed by atoms with E-state index in [0.29, 0.717) is 12.0 Å². The fraction of sp³-hybridized carbons (Fsp3) is 0.300. The van der Waals surface area contributed by atoms with Gasteiger partial charge in [-0.05, 0) is 30.5 Å². The normalized spacial score (nSPS) is 19.4. The maximum absolute atomic E-state index is 12.7. The van der Waals surface area contributed by atoms with Gasteiger partial charge in [0, 0.05) is 5.69 Å². The van der Waals surface area contributed by atoms with Crippen molar-refractivity contribution in [3.63, 3.8) is 0 Å². The number of aliphatic hydroxyl groups is 1. The van der Waals surface area contributed by atoms with Gasteiger partial charge in [0.15, 0.2) is 6.29 Å². The molecule has 2 aromatic rings. The lowest BCUT2D eigenvalue weighted by Crippen LogP contribution is -2.44. The molecule has 2 aliphatic rings. The highest BCUT2D eigenvalue weighted by Gasteiger charge is 2.47. The zero-order chi connectivity index (χ0) is 16.7. The number of aldehydes is 1. The van der Waals surface area contributed by atoms with Crippen LogP contribution in [0, 0.1) is 0 Å². The van der Waals surface area contributed by atoms with Gasteiger partial charge in [-0.1, -0.05) is 49.6 Å². The third-order valence-electron chi connectivity index (χ3n) is 5.35. The van der Waals surface area contributed by atoms with Gasteiger partial charge in [-0.25, -0.2) is 0 Å². The van der Waals surface area contributed by atoms with Crippen LogP contribution >= 0.6 is 0 Å². The Hall–Kier alpha value is -2.62. The Labute approximate surface area is 140 Å². The Balaban J connectivity index is 2.00. The van der Waals surface area contributed by atoms with Gasteiger partial charge in [0.05, 0.1) is 5.69 Å². The standard InChI is InChI=1S/C20H19NO3/c22-13-15-18(23)17-10-9-16(14-7-3-1-4-8-14)21(17)20(19(15)24)11-5-2-6-12-20/h1,3-4,7-10,13,24H,2,5-6,11-12H2. The molecule has 1 aliphatic heterocycles. The van der Waals surface area contributed by atoms with Crippen molar-refractivity contribution in [2.75, 3.05) is 0 Å². The van der Waals surface area contributed by atoms with E-state index >= 15 is 0 Å². The molecule has 1 spiro atoms. The minimum atomic E-state index is -0.674. The number of carbonyl (C=O) groups excluding carboxylic acids is 2. The van der Waals surface area contributed by atoms with Gasteiger partial charge >= 0.3 is 0 Å². The summed E-state index contributed by atoms with van der Waals surface area (Å²) < 4.78 is 1.98. The summed E-state index contributed by atoms with van der Waals surface area (Å²) in [6.07, 6.45) is 5.03. The minimum absolute atomic E-state index is 0.0527. The van der Waals surface area contributed by atoms with Crippen molar-refractivity contribution in [1.82, 2.24) is 4.57 Å². The highest BCUT2D eigenvalue weighted by Crippen LogP contribution is 2.47. The number of hydrogen-bond acceptors (Lipinski definition) is 3. The molecule has 0 saturated heterocycles. The van der Waals surface area contributed by atoms with E-state index in [0.717, 1.165) is 43.4 Å². The van der Waals surface area contributed by atoms with Crippen LogP contribution < -0.4 is 0 Å². The van der Waals surface area contributed by atoms with Crippen molar-refractivity contribution in [2.45, 2.75) is 37.6 Å². The first-order chi connectivity index (χ1) is 11.7. The number of rotatable bonds is 2. The Bertz CT molecular complexity index is 839. The van der Waals surface area contributed by atoms with Crippen molar-refractivity contribution in [1.29, 1.82) is 0 Å². The second-order valence-electron chi connectivity index (χ2n) is 6.61. The van der Waals surface area contributed by atoms with E-state index in [-0.39, 0.29) is 17.1 Å². The maximum atomic E-state index is 12.7. The molecule has 1 fully saturated rings. The molecule has 4 nitrogen and oxygen atoms in total. The van der Waals surface area contributed by atoms with Gasteiger partial charge in [0.2, 0.25) is 5.78 Å². The summed E-state index contributed by atoms with van der Waals surface area (Å²) in [5, 5.41) is 10.9. The number of ketones is 1. The number of aliphatic hydroxyl groups excluding tert-OH is 1. The summed E-state index contributed by atoms with van der Waals surface area (Å²) >= 11 is 0. The Morgan fingerprint density at radius 3 is 2.29 bits per heavy atom. The van der Waals surface area contributed by atoms with Gasteiger partial charge in [0.1, 0.15) is 16.9 Å². The topological polar surface area (TPSA) is 59.3 Å². The van der Waals surface area contributed by atoms with Gasteiger partial charge in [-0.3, -0.25) is 9.59 Å². The van der Waals surface area contributed by atoms with Crippen molar-refractivity contribution < 1.29 is 14.7 Å². The van der Waals surface area contributed by atoms with Gasteiger partial charge < -0.3 is 9.67 Å². The van der Waals surface area contributed by atoms with Crippen LogP contribution in [0.3, 0.4) is 0 Å². The van der Waals surface area contributed by atoms with Crippen molar-refractivity contribution in [3.8, 4) is 11.3 Å². The summed E-state index contributed by atoms with van der Waals surface area (Å²) in [5.41, 5.74) is 1.66. The number of carbonyl (C=O) groups is 2. The number of fused-ring (bicyclic) bond motifs is 2. The number of nitrogens with zero attached hydrogens (tertiary/aromatic N) is 1. The third-order valence-corrected chi connectivity index (χ3v) is 5.35. The van der Waals surface area contributed by atoms with Crippen LogP contribution in [0.5, 0.6) is 0 Å². The third kappa shape index (κ3) is 1.92. The van der Waals surface area contributed by atoms with Crippen LogP contribution in [0.25, 0.3) is 11.3 Å². The van der Waals surface area contributed by atoms with E-state index < -0.39 is 5.54 Å². The molecule has 0 atom stereocenters. The Morgan fingerprint density at radius 1 is 0.958 bits per heavy atom. The summed E-state index contributed by atoms with van der Waals surface area (Å²) in [6.45, 7) is 0. The first-order valence-corrected chi connectivity index (χ1v) is 8.40. The molecule has 2 heterocycles. The molecule has 4 rings (SSSR count). The second-order valence-corrected chi connectivity index (χ2v) is 6.61. The summed E-state index contributed by atoms with van der Waals surface area (Å²) in [6, 6.07) is 13.6. The predicted octanol–water partition coefficient (Wildman–Crippen LogP) is 4.02. The lowest BCUT2D eigenvalue weighted by Gasteiger charge is -2.43. The van der Waals surface area contributed by atoms with Crippen LogP contribution in [-0.2, 0) is 10.3 Å². The van der Waals surface area contributed by atoms with Gasteiger partial charge in [-0.2, -0.15) is 0 Å². The van der Waals surface area contributed by atoms with Crippen molar-refractivity contribution in [3.05, 3.63) is 59.5 Å². The smallest absolute Gasteiger partial charge is 0.216 e. The first kappa shape index (κ1) is 14.9. The summed E-state index contributed by atoms with van der Waals surface area (Å²) in [4.78, 5) is 24.1. The van der Waals surface area contributed by atoms with E-state index in [2.05, 4.69) is 0 Å². The Morgan fingerprint density at radius 2 is 1.62 bits per heavy atom. The minimum Gasteiger partial charge on any atom is -0.509 e. The molecule has 1 saturated carbocycles. The molecule has 1 aliphatic carbocycles. The molecular weight excluding hydrogens is 302 g/mol. The number of allylic oxidation sites excluding steroid dienone is 2. The lowest BCUT2D eigenvalue weighted by molar-refractivity contribution is -0.105. The number of Topliss-reactive ketones (excluding diaryl/α,β-unsaturated/α-hetero) is 1. The largest absolute Gasteiger partial charge is 0.509 e. The van der Waals surface area contributed by atoms with Crippen molar-refractivity contribution >= 4 is 12.1 Å². The number of benzene rings is 1. The molecule has 4 heteroatoms. The molecule has 1 aromatic heterocycles. The van der Waals surface area contributed by atoms with Gasteiger partial charge in [-0.15, -0.1) is 0 Å². The highest BCUT2D eigenvalue weighted by atomic mass is 16.3. The van der Waals surface area contributed by atoms with E-state index in [4.69, 9.17) is 0 Å². The summed E-state index contributed by atoms with van der Waals surface area (Å²) in [7, 11) is 0. The monoisotopic (exact) mass is 321 g/mol.